The van der Waals surface area contributed by atoms with Crippen LogP contribution in [0.1, 0.15) is 10.4 Å². The minimum atomic E-state index is -0.593. The lowest BCUT2D eigenvalue weighted by molar-refractivity contribution is 0.102. The molecule has 0 fully saturated rings. The number of rotatable bonds is 2. The zero-order valence-electron chi connectivity index (χ0n) is 10.9. The number of nitrogens with one attached hydrogen (secondary N) is 1. The van der Waals surface area contributed by atoms with E-state index in [0.29, 0.717) is 11.7 Å². The Morgan fingerprint density at radius 3 is 2.73 bits per heavy atom. The molecule has 2 heterocycles. The summed E-state index contributed by atoms with van der Waals surface area (Å²) in [6.07, 6.45) is 1.27. The molecule has 1 aromatic carbocycles. The van der Waals surface area contributed by atoms with Crippen LogP contribution in [-0.2, 0) is 6.54 Å². The van der Waals surface area contributed by atoms with E-state index in [4.69, 9.17) is 34.8 Å². The molecule has 0 radical (unpaired) electrons. The highest BCUT2D eigenvalue weighted by atomic mass is 35.5. The van der Waals surface area contributed by atoms with Gasteiger partial charge in [-0.05, 0) is 12.1 Å². The van der Waals surface area contributed by atoms with E-state index in [9.17, 15) is 9.59 Å². The monoisotopic (exact) mass is 375 g/mol. The molecule has 0 atom stereocenters. The predicted octanol–water partition coefficient (Wildman–Crippen LogP) is 3.56. The van der Waals surface area contributed by atoms with Crippen molar-refractivity contribution in [2.24, 2.45) is 0 Å². The Kier molecular flexibility index (Phi) is 4.36. The van der Waals surface area contributed by atoms with E-state index in [2.05, 4.69) is 10.3 Å². The van der Waals surface area contributed by atoms with Crippen LogP contribution in [0, 0.1) is 0 Å². The second kappa shape index (κ2) is 6.12. The SMILES string of the molecule is O=C(Nc1cc(Cl)c(Cl)cc1Cl)c1cnc2n(c1=O)CCS2. The Balaban J connectivity index is 1.93. The van der Waals surface area contributed by atoms with Gasteiger partial charge in [-0.15, -0.1) is 0 Å². The van der Waals surface area contributed by atoms with Crippen molar-refractivity contribution in [2.75, 3.05) is 11.1 Å². The molecule has 3 rings (SSSR count). The maximum atomic E-state index is 12.3. The van der Waals surface area contributed by atoms with Gasteiger partial charge in [0.25, 0.3) is 11.5 Å². The lowest BCUT2D eigenvalue weighted by atomic mass is 10.2. The molecule has 1 aliphatic rings. The number of amides is 1. The second-order valence-electron chi connectivity index (χ2n) is 4.46. The van der Waals surface area contributed by atoms with Crippen molar-refractivity contribution in [2.45, 2.75) is 11.7 Å². The fourth-order valence-corrected chi connectivity index (χ4v) is 3.49. The van der Waals surface area contributed by atoms with Crippen LogP contribution in [-0.4, -0.2) is 21.2 Å². The number of thioether (sulfide) groups is 1. The number of carbonyl (C=O) groups is 1. The number of benzene rings is 1. The summed E-state index contributed by atoms with van der Waals surface area (Å²) in [5.41, 5.74) is -0.141. The number of nitrogens with zero attached hydrogens (tertiary/aromatic N) is 2. The first kappa shape index (κ1) is 15.7. The highest BCUT2D eigenvalue weighted by molar-refractivity contribution is 7.99. The Hall–Kier alpha value is -1.21. The topological polar surface area (TPSA) is 64.0 Å². The molecular formula is C13H8Cl3N3O2S. The van der Waals surface area contributed by atoms with Crippen molar-refractivity contribution in [3.8, 4) is 0 Å². The molecule has 22 heavy (non-hydrogen) atoms. The van der Waals surface area contributed by atoms with Gasteiger partial charge in [-0.25, -0.2) is 4.98 Å². The summed E-state index contributed by atoms with van der Waals surface area (Å²) in [5.74, 6) is 0.177. The average molecular weight is 377 g/mol. The molecule has 1 amide bonds. The van der Waals surface area contributed by atoms with Crippen molar-refractivity contribution in [1.82, 2.24) is 9.55 Å². The van der Waals surface area contributed by atoms with E-state index in [-0.39, 0.29) is 31.9 Å². The largest absolute Gasteiger partial charge is 0.320 e. The highest BCUT2D eigenvalue weighted by Gasteiger charge is 2.20. The molecular weight excluding hydrogens is 369 g/mol. The summed E-state index contributed by atoms with van der Waals surface area (Å²) in [6.45, 7) is 0.542. The van der Waals surface area contributed by atoms with Crippen LogP contribution >= 0.6 is 46.6 Å². The van der Waals surface area contributed by atoms with E-state index < -0.39 is 5.91 Å². The van der Waals surface area contributed by atoms with Crippen LogP contribution in [0.5, 0.6) is 0 Å². The summed E-state index contributed by atoms with van der Waals surface area (Å²) in [5, 5.41) is 3.93. The number of halogens is 3. The summed E-state index contributed by atoms with van der Waals surface area (Å²) >= 11 is 19.2. The Morgan fingerprint density at radius 2 is 1.95 bits per heavy atom. The van der Waals surface area contributed by atoms with Crippen molar-refractivity contribution < 1.29 is 4.79 Å². The number of hydrogen-bond donors (Lipinski definition) is 1. The van der Waals surface area contributed by atoms with Gasteiger partial charge in [0.1, 0.15) is 5.56 Å². The molecule has 1 aliphatic heterocycles. The van der Waals surface area contributed by atoms with Crippen LogP contribution in [0.15, 0.2) is 28.3 Å². The number of carbonyl (C=O) groups excluding carboxylic acids is 1. The van der Waals surface area contributed by atoms with Crippen LogP contribution in [0.3, 0.4) is 0 Å². The molecule has 0 unspecified atom stereocenters. The first-order chi connectivity index (χ1) is 10.5. The predicted molar refractivity (Wildman–Crippen MR) is 88.6 cm³/mol. The highest BCUT2D eigenvalue weighted by Crippen LogP contribution is 2.32. The summed E-state index contributed by atoms with van der Waals surface area (Å²) in [6, 6.07) is 2.85. The Bertz CT molecular complexity index is 838. The zero-order chi connectivity index (χ0) is 15.9. The molecule has 9 heteroatoms. The lowest BCUT2D eigenvalue weighted by Gasteiger charge is -2.09. The van der Waals surface area contributed by atoms with Gasteiger partial charge in [0, 0.05) is 18.5 Å². The van der Waals surface area contributed by atoms with Crippen LogP contribution in [0.2, 0.25) is 15.1 Å². The molecule has 0 bridgehead atoms. The lowest BCUT2D eigenvalue weighted by Crippen LogP contribution is -2.29. The van der Waals surface area contributed by atoms with Crippen molar-refractivity contribution in [1.29, 1.82) is 0 Å². The van der Waals surface area contributed by atoms with Gasteiger partial charge in [0.15, 0.2) is 5.16 Å². The van der Waals surface area contributed by atoms with Crippen LogP contribution in [0.25, 0.3) is 0 Å². The van der Waals surface area contributed by atoms with E-state index in [0.717, 1.165) is 5.75 Å². The summed E-state index contributed by atoms with van der Waals surface area (Å²) in [4.78, 5) is 28.7. The number of aromatic nitrogens is 2. The second-order valence-corrected chi connectivity index (χ2v) is 6.74. The third kappa shape index (κ3) is 2.84. The molecule has 0 spiro atoms. The normalized spacial score (nSPS) is 13.0. The van der Waals surface area contributed by atoms with Gasteiger partial charge in [-0.3, -0.25) is 14.2 Å². The minimum absolute atomic E-state index is 0.0478. The molecule has 0 aliphatic carbocycles. The maximum Gasteiger partial charge on any atom is 0.267 e. The molecule has 5 nitrogen and oxygen atoms in total. The van der Waals surface area contributed by atoms with Crippen molar-refractivity contribution in [3.63, 3.8) is 0 Å². The van der Waals surface area contributed by atoms with Gasteiger partial charge in [0.2, 0.25) is 0 Å². The molecule has 114 valence electrons. The molecule has 2 aromatic rings. The van der Waals surface area contributed by atoms with E-state index in [1.165, 1.54) is 34.7 Å². The van der Waals surface area contributed by atoms with Crippen LogP contribution in [0.4, 0.5) is 5.69 Å². The standard InChI is InChI=1S/C13H8Cl3N3O2S/c14-7-3-9(16)10(4-8(7)15)18-11(20)6-5-17-13-19(12(6)21)1-2-22-13/h3-5H,1-2H2,(H,18,20). The van der Waals surface area contributed by atoms with Gasteiger partial charge in [-0.1, -0.05) is 46.6 Å². The van der Waals surface area contributed by atoms with Crippen molar-refractivity contribution >= 4 is 58.2 Å². The number of hydrogen-bond acceptors (Lipinski definition) is 4. The third-order valence-corrected chi connectivity index (χ3v) is 5.06. The first-order valence-electron chi connectivity index (χ1n) is 6.16. The van der Waals surface area contributed by atoms with Gasteiger partial charge in [0.05, 0.1) is 20.8 Å². The zero-order valence-corrected chi connectivity index (χ0v) is 14.0. The van der Waals surface area contributed by atoms with Gasteiger partial charge >= 0.3 is 0 Å². The molecule has 1 aromatic heterocycles. The fraction of sp³-hybridized carbons (Fsp3) is 0.154. The minimum Gasteiger partial charge on any atom is -0.320 e. The maximum absolute atomic E-state index is 12.3. The fourth-order valence-electron chi connectivity index (χ4n) is 1.98. The third-order valence-electron chi connectivity index (χ3n) is 3.06. The number of anilines is 1. The van der Waals surface area contributed by atoms with Crippen molar-refractivity contribution in [3.05, 3.63) is 49.3 Å². The van der Waals surface area contributed by atoms with E-state index >= 15 is 0 Å². The summed E-state index contributed by atoms with van der Waals surface area (Å²) in [7, 11) is 0. The molecule has 0 saturated heterocycles. The molecule has 0 saturated carbocycles. The molecule has 1 N–H and O–H groups in total. The Labute approximate surface area is 144 Å². The quantitative estimate of drug-likeness (QED) is 0.643. The number of fused-ring (bicyclic) bond motifs is 1. The Morgan fingerprint density at radius 1 is 1.23 bits per heavy atom. The smallest absolute Gasteiger partial charge is 0.267 e. The van der Waals surface area contributed by atoms with Gasteiger partial charge in [-0.2, -0.15) is 0 Å². The van der Waals surface area contributed by atoms with E-state index in [1.54, 1.807) is 0 Å². The first-order valence-corrected chi connectivity index (χ1v) is 8.28. The van der Waals surface area contributed by atoms with Gasteiger partial charge < -0.3 is 5.32 Å². The van der Waals surface area contributed by atoms with Crippen LogP contribution < -0.4 is 10.9 Å². The van der Waals surface area contributed by atoms with E-state index in [1.807, 2.05) is 0 Å². The average Bonchev–Trinajstić information content (AvgIpc) is 2.94. The summed E-state index contributed by atoms with van der Waals surface area (Å²) < 4.78 is 1.48.